The Morgan fingerprint density at radius 1 is 1.16 bits per heavy atom. The molecule has 25 heavy (non-hydrogen) atoms. The fourth-order valence-corrected chi connectivity index (χ4v) is 2.20. The zero-order valence-corrected chi connectivity index (χ0v) is 14.7. The molecular formula is C17H14BrF2NO4. The SMILES string of the molecule is CC(OC(=O)COc1cccc(Br)c1)C(=O)Nc1c(F)cccc1F. The van der Waals surface area contributed by atoms with Crippen LogP contribution < -0.4 is 10.1 Å². The number of carbonyl (C=O) groups is 2. The lowest BCUT2D eigenvalue weighted by molar-refractivity contribution is -0.155. The van der Waals surface area contributed by atoms with E-state index in [1.165, 1.54) is 13.0 Å². The van der Waals surface area contributed by atoms with Crippen LogP contribution in [0.1, 0.15) is 6.92 Å². The molecule has 2 aromatic rings. The number of anilines is 1. The van der Waals surface area contributed by atoms with Crippen LogP contribution in [0.2, 0.25) is 0 Å². The first-order chi connectivity index (χ1) is 11.9. The first-order valence-corrected chi connectivity index (χ1v) is 7.99. The summed E-state index contributed by atoms with van der Waals surface area (Å²) in [5.74, 6) is -3.07. The summed E-state index contributed by atoms with van der Waals surface area (Å²) in [6, 6.07) is 9.99. The molecule has 0 aliphatic rings. The number of ether oxygens (including phenoxy) is 2. The molecule has 0 aliphatic heterocycles. The number of hydrogen-bond donors (Lipinski definition) is 1. The van der Waals surface area contributed by atoms with Crippen LogP contribution in [0.3, 0.4) is 0 Å². The molecule has 1 unspecified atom stereocenters. The van der Waals surface area contributed by atoms with Gasteiger partial charge in [-0.15, -0.1) is 0 Å². The number of benzene rings is 2. The number of esters is 1. The molecule has 0 bridgehead atoms. The van der Waals surface area contributed by atoms with Gasteiger partial charge in [0, 0.05) is 4.47 Å². The first-order valence-electron chi connectivity index (χ1n) is 7.19. The van der Waals surface area contributed by atoms with E-state index in [9.17, 15) is 18.4 Å². The first kappa shape index (κ1) is 18.9. The van der Waals surface area contributed by atoms with Crippen molar-refractivity contribution >= 4 is 33.5 Å². The minimum absolute atomic E-state index is 0.415. The molecule has 1 amide bonds. The van der Waals surface area contributed by atoms with E-state index in [1.807, 2.05) is 0 Å². The Hall–Kier alpha value is -2.48. The number of hydrogen-bond acceptors (Lipinski definition) is 4. The van der Waals surface area contributed by atoms with Crippen LogP contribution in [-0.4, -0.2) is 24.6 Å². The van der Waals surface area contributed by atoms with Crippen molar-refractivity contribution < 1.29 is 27.8 Å². The van der Waals surface area contributed by atoms with Crippen LogP contribution in [0.15, 0.2) is 46.9 Å². The Balaban J connectivity index is 1.87. The minimum Gasteiger partial charge on any atom is -0.482 e. The van der Waals surface area contributed by atoms with Crippen molar-refractivity contribution in [2.45, 2.75) is 13.0 Å². The fraction of sp³-hybridized carbons (Fsp3) is 0.176. The average Bonchev–Trinajstić information content (AvgIpc) is 2.56. The Labute approximate surface area is 151 Å². The van der Waals surface area contributed by atoms with E-state index < -0.39 is 41.9 Å². The zero-order chi connectivity index (χ0) is 18.4. The molecule has 2 rings (SSSR count). The van der Waals surface area contributed by atoms with Gasteiger partial charge in [-0.3, -0.25) is 4.79 Å². The zero-order valence-electron chi connectivity index (χ0n) is 13.1. The molecule has 0 spiro atoms. The van der Waals surface area contributed by atoms with Gasteiger partial charge >= 0.3 is 5.97 Å². The number of para-hydroxylation sites is 1. The highest BCUT2D eigenvalue weighted by Crippen LogP contribution is 2.19. The van der Waals surface area contributed by atoms with Crippen molar-refractivity contribution in [2.75, 3.05) is 11.9 Å². The third-order valence-corrected chi connectivity index (χ3v) is 3.53. The highest BCUT2D eigenvalue weighted by Gasteiger charge is 2.21. The molecule has 132 valence electrons. The highest BCUT2D eigenvalue weighted by atomic mass is 79.9. The summed E-state index contributed by atoms with van der Waals surface area (Å²) in [5.41, 5.74) is -0.596. The van der Waals surface area contributed by atoms with E-state index in [1.54, 1.807) is 24.3 Å². The second-order valence-corrected chi connectivity index (χ2v) is 5.88. The summed E-state index contributed by atoms with van der Waals surface area (Å²) >= 11 is 3.26. The van der Waals surface area contributed by atoms with Crippen molar-refractivity contribution in [2.24, 2.45) is 0 Å². The van der Waals surface area contributed by atoms with E-state index in [0.29, 0.717) is 5.75 Å². The topological polar surface area (TPSA) is 64.6 Å². The van der Waals surface area contributed by atoms with Crippen LogP contribution in [0.5, 0.6) is 5.75 Å². The summed E-state index contributed by atoms with van der Waals surface area (Å²) in [7, 11) is 0. The van der Waals surface area contributed by atoms with Crippen LogP contribution in [0.4, 0.5) is 14.5 Å². The average molecular weight is 414 g/mol. The molecule has 0 aliphatic carbocycles. The summed E-state index contributed by atoms with van der Waals surface area (Å²) in [6.07, 6.45) is -1.25. The normalized spacial score (nSPS) is 11.5. The van der Waals surface area contributed by atoms with E-state index >= 15 is 0 Å². The van der Waals surface area contributed by atoms with E-state index in [4.69, 9.17) is 9.47 Å². The van der Waals surface area contributed by atoms with Crippen molar-refractivity contribution in [3.8, 4) is 5.75 Å². The number of amides is 1. The van der Waals surface area contributed by atoms with Gasteiger partial charge in [0.1, 0.15) is 23.1 Å². The number of rotatable bonds is 6. The smallest absolute Gasteiger partial charge is 0.344 e. The second-order valence-electron chi connectivity index (χ2n) is 4.96. The van der Waals surface area contributed by atoms with Gasteiger partial charge < -0.3 is 14.8 Å². The van der Waals surface area contributed by atoms with Crippen molar-refractivity contribution in [1.82, 2.24) is 0 Å². The van der Waals surface area contributed by atoms with Crippen LogP contribution in [0.25, 0.3) is 0 Å². The molecule has 0 heterocycles. The Morgan fingerprint density at radius 3 is 2.44 bits per heavy atom. The van der Waals surface area contributed by atoms with Crippen LogP contribution >= 0.6 is 15.9 Å². The summed E-state index contributed by atoms with van der Waals surface area (Å²) in [4.78, 5) is 23.6. The molecule has 8 heteroatoms. The lowest BCUT2D eigenvalue weighted by Gasteiger charge is -2.14. The molecule has 0 saturated heterocycles. The van der Waals surface area contributed by atoms with Crippen molar-refractivity contribution in [3.05, 3.63) is 58.6 Å². The highest BCUT2D eigenvalue weighted by molar-refractivity contribution is 9.10. The largest absolute Gasteiger partial charge is 0.482 e. The maximum Gasteiger partial charge on any atom is 0.344 e. The van der Waals surface area contributed by atoms with Crippen molar-refractivity contribution in [3.63, 3.8) is 0 Å². The number of carbonyl (C=O) groups excluding carboxylic acids is 2. The van der Waals surface area contributed by atoms with Crippen LogP contribution in [0, 0.1) is 11.6 Å². The standard InChI is InChI=1S/C17H14BrF2NO4/c1-10(17(23)21-16-13(19)6-3-7-14(16)20)25-15(22)9-24-12-5-2-4-11(18)8-12/h2-8,10H,9H2,1H3,(H,21,23). The Bertz CT molecular complexity index is 765. The molecule has 1 atom stereocenters. The molecular weight excluding hydrogens is 400 g/mol. The molecule has 0 radical (unpaired) electrons. The molecule has 0 aromatic heterocycles. The maximum absolute atomic E-state index is 13.5. The number of halogens is 3. The Morgan fingerprint density at radius 2 is 1.80 bits per heavy atom. The van der Waals surface area contributed by atoms with Gasteiger partial charge in [0.15, 0.2) is 12.7 Å². The van der Waals surface area contributed by atoms with Crippen molar-refractivity contribution in [1.29, 1.82) is 0 Å². The summed E-state index contributed by atoms with van der Waals surface area (Å²) < 4.78 is 37.9. The molecule has 1 N–H and O–H groups in total. The molecule has 2 aromatic carbocycles. The van der Waals surface area contributed by atoms with Crippen LogP contribution in [-0.2, 0) is 14.3 Å². The van der Waals surface area contributed by atoms with Gasteiger partial charge in [0.05, 0.1) is 0 Å². The van der Waals surface area contributed by atoms with Gasteiger partial charge in [-0.2, -0.15) is 0 Å². The van der Waals surface area contributed by atoms with Gasteiger partial charge in [-0.25, -0.2) is 13.6 Å². The van der Waals surface area contributed by atoms with Gasteiger partial charge in [-0.1, -0.05) is 28.1 Å². The van der Waals surface area contributed by atoms with Gasteiger partial charge in [0.2, 0.25) is 0 Å². The van der Waals surface area contributed by atoms with Gasteiger partial charge in [-0.05, 0) is 37.3 Å². The predicted molar refractivity (Wildman–Crippen MR) is 90.2 cm³/mol. The third-order valence-electron chi connectivity index (χ3n) is 3.04. The molecule has 5 nitrogen and oxygen atoms in total. The molecule has 0 fully saturated rings. The van der Waals surface area contributed by atoms with E-state index in [2.05, 4.69) is 21.2 Å². The predicted octanol–water partition coefficient (Wildman–Crippen LogP) is 3.68. The summed E-state index contributed by atoms with van der Waals surface area (Å²) in [6.45, 7) is 0.868. The lowest BCUT2D eigenvalue weighted by atomic mass is 10.2. The summed E-state index contributed by atoms with van der Waals surface area (Å²) in [5, 5.41) is 2.05. The fourth-order valence-electron chi connectivity index (χ4n) is 1.83. The number of nitrogens with one attached hydrogen (secondary N) is 1. The quantitative estimate of drug-likeness (QED) is 0.733. The molecule has 0 saturated carbocycles. The van der Waals surface area contributed by atoms with E-state index in [0.717, 1.165) is 16.6 Å². The minimum atomic E-state index is -1.25. The maximum atomic E-state index is 13.5. The Kier molecular flexibility index (Phi) is 6.46. The third kappa shape index (κ3) is 5.53. The lowest BCUT2D eigenvalue weighted by Crippen LogP contribution is -2.32. The monoisotopic (exact) mass is 413 g/mol. The van der Waals surface area contributed by atoms with Gasteiger partial charge in [0.25, 0.3) is 5.91 Å². The second kappa shape index (κ2) is 8.57. The van der Waals surface area contributed by atoms with E-state index in [-0.39, 0.29) is 0 Å².